The zero-order valence-corrected chi connectivity index (χ0v) is 11.8. The lowest BCUT2D eigenvalue weighted by Crippen LogP contribution is -2.11. The third-order valence-electron chi connectivity index (χ3n) is 3.51. The number of nitrogen functional groups attached to an aromatic ring is 1. The van der Waals surface area contributed by atoms with Gasteiger partial charge in [-0.25, -0.2) is 9.37 Å². The molecule has 6 heteroatoms. The topological polar surface area (TPSA) is 66.2 Å². The van der Waals surface area contributed by atoms with Gasteiger partial charge in [-0.05, 0) is 19.1 Å². The highest BCUT2D eigenvalue weighted by atomic mass is 19.1. The van der Waals surface area contributed by atoms with Crippen molar-refractivity contribution in [3.05, 3.63) is 42.1 Å². The average molecular weight is 289 g/mol. The van der Waals surface area contributed by atoms with E-state index in [0.29, 0.717) is 17.9 Å². The van der Waals surface area contributed by atoms with E-state index >= 15 is 0 Å². The fourth-order valence-corrected chi connectivity index (χ4v) is 2.55. The maximum absolute atomic E-state index is 13.7. The van der Waals surface area contributed by atoms with Crippen LogP contribution in [0, 0.1) is 5.82 Å². The van der Waals surface area contributed by atoms with Crippen LogP contribution in [0.2, 0.25) is 0 Å². The Balaban J connectivity index is 2.06. The van der Waals surface area contributed by atoms with Crippen molar-refractivity contribution in [1.82, 2.24) is 9.55 Å². The Morgan fingerprint density at radius 1 is 1.48 bits per heavy atom. The summed E-state index contributed by atoms with van der Waals surface area (Å²) in [5, 5.41) is 0. The molecular weight excluding hydrogens is 273 g/mol. The van der Waals surface area contributed by atoms with E-state index < -0.39 is 5.82 Å². The SMILES string of the molecule is COc1cc2c(cc1F)nc(N)n2C(C)Cc1ccco1. The average Bonchev–Trinajstić information content (AvgIpc) is 3.04. The van der Waals surface area contributed by atoms with Crippen molar-refractivity contribution in [2.24, 2.45) is 0 Å². The predicted octanol–water partition coefficient (Wildman–Crippen LogP) is 3.16. The van der Waals surface area contributed by atoms with Crippen molar-refractivity contribution in [2.45, 2.75) is 19.4 Å². The molecule has 2 aromatic heterocycles. The molecule has 0 saturated heterocycles. The number of nitrogens with two attached hydrogens (primary N) is 1. The van der Waals surface area contributed by atoms with Crippen LogP contribution in [0.25, 0.3) is 11.0 Å². The summed E-state index contributed by atoms with van der Waals surface area (Å²) < 4.78 is 26.0. The predicted molar refractivity (Wildman–Crippen MR) is 77.8 cm³/mol. The number of furan rings is 1. The first kappa shape index (κ1) is 13.5. The van der Waals surface area contributed by atoms with Gasteiger partial charge in [-0.15, -0.1) is 0 Å². The normalized spacial score (nSPS) is 12.7. The maximum atomic E-state index is 13.7. The first-order valence-electron chi connectivity index (χ1n) is 6.63. The third-order valence-corrected chi connectivity index (χ3v) is 3.51. The molecule has 1 aromatic carbocycles. The molecule has 21 heavy (non-hydrogen) atoms. The van der Waals surface area contributed by atoms with Crippen molar-refractivity contribution in [3.63, 3.8) is 0 Å². The second kappa shape index (κ2) is 5.12. The molecule has 5 nitrogen and oxygen atoms in total. The van der Waals surface area contributed by atoms with Crippen molar-refractivity contribution in [3.8, 4) is 5.75 Å². The minimum atomic E-state index is -0.451. The molecule has 0 bridgehead atoms. The van der Waals surface area contributed by atoms with E-state index in [1.807, 2.05) is 23.6 Å². The first-order valence-corrected chi connectivity index (χ1v) is 6.63. The van der Waals surface area contributed by atoms with Gasteiger partial charge in [0.2, 0.25) is 5.95 Å². The number of ether oxygens (including phenoxy) is 1. The maximum Gasteiger partial charge on any atom is 0.201 e. The molecule has 2 N–H and O–H groups in total. The highest BCUT2D eigenvalue weighted by Crippen LogP contribution is 2.30. The third kappa shape index (κ3) is 2.33. The molecule has 0 aliphatic rings. The Labute approximate surface area is 121 Å². The van der Waals surface area contributed by atoms with Crippen LogP contribution in [0.5, 0.6) is 5.75 Å². The van der Waals surface area contributed by atoms with E-state index in [4.69, 9.17) is 14.9 Å². The Hall–Kier alpha value is -2.50. The smallest absolute Gasteiger partial charge is 0.201 e. The molecule has 3 aromatic rings. The highest BCUT2D eigenvalue weighted by molar-refractivity contribution is 5.80. The standard InChI is InChI=1S/C15H16FN3O2/c1-9(6-10-4-3-5-21-10)19-13-8-14(20-2)11(16)7-12(13)18-15(19)17/h3-5,7-9H,6H2,1-2H3,(H2,17,18). The van der Waals surface area contributed by atoms with E-state index in [2.05, 4.69) is 4.98 Å². The van der Waals surface area contributed by atoms with Gasteiger partial charge in [0, 0.05) is 24.6 Å². The van der Waals surface area contributed by atoms with Crippen LogP contribution in [-0.4, -0.2) is 16.7 Å². The summed E-state index contributed by atoms with van der Waals surface area (Å²) in [6, 6.07) is 6.73. The number of hydrogen-bond acceptors (Lipinski definition) is 4. The van der Waals surface area contributed by atoms with Crippen LogP contribution in [0.1, 0.15) is 18.7 Å². The molecule has 0 radical (unpaired) electrons. The zero-order chi connectivity index (χ0) is 15.0. The molecule has 1 atom stereocenters. The number of nitrogens with zero attached hydrogens (tertiary/aromatic N) is 2. The number of halogens is 1. The van der Waals surface area contributed by atoms with E-state index in [9.17, 15) is 4.39 Å². The molecule has 110 valence electrons. The van der Waals surface area contributed by atoms with Gasteiger partial charge in [-0.2, -0.15) is 0 Å². The van der Waals surface area contributed by atoms with Crippen LogP contribution in [0.4, 0.5) is 10.3 Å². The van der Waals surface area contributed by atoms with Crippen LogP contribution in [0.3, 0.4) is 0 Å². The molecule has 0 saturated carbocycles. The van der Waals surface area contributed by atoms with Crippen molar-refractivity contribution in [2.75, 3.05) is 12.8 Å². The van der Waals surface area contributed by atoms with Gasteiger partial charge in [0.25, 0.3) is 0 Å². The summed E-state index contributed by atoms with van der Waals surface area (Å²) in [5.74, 6) is 0.928. The molecule has 3 rings (SSSR count). The lowest BCUT2D eigenvalue weighted by Gasteiger charge is -2.15. The minimum absolute atomic E-state index is 0.0244. The van der Waals surface area contributed by atoms with Crippen molar-refractivity contribution in [1.29, 1.82) is 0 Å². The van der Waals surface area contributed by atoms with Crippen LogP contribution in [0.15, 0.2) is 34.9 Å². The highest BCUT2D eigenvalue weighted by Gasteiger charge is 2.18. The second-order valence-electron chi connectivity index (χ2n) is 4.95. The Morgan fingerprint density at radius 3 is 2.95 bits per heavy atom. The van der Waals surface area contributed by atoms with Crippen molar-refractivity contribution >= 4 is 17.0 Å². The van der Waals surface area contributed by atoms with E-state index in [1.165, 1.54) is 13.2 Å². The van der Waals surface area contributed by atoms with E-state index in [-0.39, 0.29) is 11.8 Å². The molecule has 0 aliphatic carbocycles. The summed E-state index contributed by atoms with van der Waals surface area (Å²) in [6.45, 7) is 2.01. The summed E-state index contributed by atoms with van der Waals surface area (Å²) in [4.78, 5) is 4.21. The fourth-order valence-electron chi connectivity index (χ4n) is 2.55. The number of imidazole rings is 1. The molecule has 1 unspecified atom stereocenters. The number of aromatic nitrogens is 2. The number of methoxy groups -OCH3 is 1. The van der Waals surface area contributed by atoms with Gasteiger partial charge in [-0.3, -0.25) is 0 Å². The number of hydrogen-bond donors (Lipinski definition) is 1. The van der Waals surface area contributed by atoms with Crippen molar-refractivity contribution < 1.29 is 13.5 Å². The van der Waals surface area contributed by atoms with Gasteiger partial charge in [0.05, 0.1) is 24.4 Å². The molecule has 0 spiro atoms. The van der Waals surface area contributed by atoms with E-state index in [1.54, 1.807) is 12.3 Å². The summed E-state index contributed by atoms with van der Waals surface area (Å²) in [6.07, 6.45) is 2.30. The summed E-state index contributed by atoms with van der Waals surface area (Å²) >= 11 is 0. The van der Waals surface area contributed by atoms with Gasteiger partial charge >= 0.3 is 0 Å². The Bertz CT molecular complexity index is 765. The van der Waals surface area contributed by atoms with Gasteiger partial charge in [0.15, 0.2) is 11.6 Å². The molecule has 0 fully saturated rings. The monoisotopic (exact) mass is 289 g/mol. The van der Waals surface area contributed by atoms with E-state index in [0.717, 1.165) is 11.3 Å². The van der Waals surface area contributed by atoms with Crippen LogP contribution in [-0.2, 0) is 6.42 Å². The lowest BCUT2D eigenvalue weighted by atomic mass is 10.2. The number of fused-ring (bicyclic) bond motifs is 1. The van der Waals surface area contributed by atoms with Crippen LogP contribution >= 0.6 is 0 Å². The first-order chi connectivity index (χ1) is 10.1. The molecule has 0 aliphatic heterocycles. The number of benzene rings is 1. The Morgan fingerprint density at radius 2 is 2.29 bits per heavy atom. The molecule has 0 amide bonds. The lowest BCUT2D eigenvalue weighted by molar-refractivity contribution is 0.387. The summed E-state index contributed by atoms with van der Waals surface area (Å²) in [5.41, 5.74) is 7.23. The fraction of sp³-hybridized carbons (Fsp3) is 0.267. The Kier molecular flexibility index (Phi) is 3.29. The molecule has 2 heterocycles. The van der Waals surface area contributed by atoms with Gasteiger partial charge in [0.1, 0.15) is 5.76 Å². The van der Waals surface area contributed by atoms with Crippen LogP contribution < -0.4 is 10.5 Å². The zero-order valence-electron chi connectivity index (χ0n) is 11.8. The van der Waals surface area contributed by atoms with Gasteiger partial charge < -0.3 is 19.5 Å². The molecular formula is C15H16FN3O2. The quantitative estimate of drug-likeness (QED) is 0.801. The van der Waals surface area contributed by atoms with Gasteiger partial charge in [-0.1, -0.05) is 0 Å². The number of rotatable bonds is 4. The second-order valence-corrected chi connectivity index (χ2v) is 4.95. The largest absolute Gasteiger partial charge is 0.494 e. The summed E-state index contributed by atoms with van der Waals surface area (Å²) in [7, 11) is 1.43. The minimum Gasteiger partial charge on any atom is -0.494 e. The number of anilines is 1.